The van der Waals surface area contributed by atoms with Gasteiger partial charge < -0.3 is 10.6 Å². The lowest BCUT2D eigenvalue weighted by Gasteiger charge is -2.24. The maximum atomic E-state index is 3.83. The molecule has 2 nitrogen and oxygen atoms in total. The number of hydrogen-bond acceptors (Lipinski definition) is 2. The van der Waals surface area contributed by atoms with E-state index in [0.29, 0.717) is 5.54 Å². The highest BCUT2D eigenvalue weighted by Crippen LogP contribution is 2.36. The number of hydrogen-bond donors (Lipinski definition) is 2. The molecule has 2 aliphatic carbocycles. The highest BCUT2D eigenvalue weighted by atomic mass is 15.1. The summed E-state index contributed by atoms with van der Waals surface area (Å²) < 4.78 is 0. The van der Waals surface area contributed by atoms with Crippen molar-refractivity contribution in [3.05, 3.63) is 0 Å². The minimum Gasteiger partial charge on any atom is -0.310 e. The van der Waals surface area contributed by atoms with Crippen molar-refractivity contribution in [1.82, 2.24) is 10.6 Å². The third-order valence-electron chi connectivity index (χ3n) is 4.72. The van der Waals surface area contributed by atoms with Crippen LogP contribution in [-0.4, -0.2) is 24.2 Å². The molecule has 1 saturated heterocycles. The lowest BCUT2D eigenvalue weighted by Crippen LogP contribution is -2.41. The van der Waals surface area contributed by atoms with Gasteiger partial charge in [0.05, 0.1) is 0 Å². The molecule has 86 valence electrons. The molecule has 0 amide bonds. The van der Waals surface area contributed by atoms with Gasteiger partial charge in [0.15, 0.2) is 0 Å². The monoisotopic (exact) mass is 208 g/mol. The molecule has 3 unspecified atom stereocenters. The fourth-order valence-corrected chi connectivity index (χ4v) is 3.32. The molecule has 3 fully saturated rings. The molecule has 1 heterocycles. The highest BCUT2D eigenvalue weighted by molar-refractivity contribution is 5.00. The van der Waals surface area contributed by atoms with Crippen LogP contribution in [0.3, 0.4) is 0 Å². The molecule has 15 heavy (non-hydrogen) atoms. The number of fused-ring (bicyclic) bond motifs is 1. The summed E-state index contributed by atoms with van der Waals surface area (Å²) in [5.74, 6) is 0.998. The van der Waals surface area contributed by atoms with Gasteiger partial charge in [-0.1, -0.05) is 12.8 Å². The smallest absolute Gasteiger partial charge is 0.0198 e. The van der Waals surface area contributed by atoms with Crippen LogP contribution < -0.4 is 10.6 Å². The molecule has 3 atom stereocenters. The minimum atomic E-state index is 0.509. The Labute approximate surface area is 93.2 Å². The topological polar surface area (TPSA) is 24.1 Å². The van der Waals surface area contributed by atoms with E-state index in [1.165, 1.54) is 51.5 Å². The third kappa shape index (κ3) is 2.21. The van der Waals surface area contributed by atoms with E-state index in [4.69, 9.17) is 0 Å². The zero-order valence-corrected chi connectivity index (χ0v) is 9.89. The second-order valence-corrected chi connectivity index (χ2v) is 6.19. The Morgan fingerprint density at radius 2 is 2.07 bits per heavy atom. The van der Waals surface area contributed by atoms with Crippen LogP contribution in [0.25, 0.3) is 0 Å². The summed E-state index contributed by atoms with van der Waals surface area (Å²) in [7, 11) is 0. The maximum Gasteiger partial charge on any atom is 0.0198 e. The summed E-state index contributed by atoms with van der Waals surface area (Å²) in [5.41, 5.74) is 0.509. The Balaban J connectivity index is 1.47. The van der Waals surface area contributed by atoms with Gasteiger partial charge >= 0.3 is 0 Å². The Morgan fingerprint density at radius 1 is 1.27 bits per heavy atom. The predicted molar refractivity (Wildman–Crippen MR) is 62.9 cm³/mol. The van der Waals surface area contributed by atoms with Crippen molar-refractivity contribution in [2.45, 2.75) is 69.5 Å². The van der Waals surface area contributed by atoms with Crippen LogP contribution in [0, 0.1) is 5.92 Å². The van der Waals surface area contributed by atoms with E-state index in [1.54, 1.807) is 0 Å². The quantitative estimate of drug-likeness (QED) is 0.742. The summed E-state index contributed by atoms with van der Waals surface area (Å²) >= 11 is 0. The van der Waals surface area contributed by atoms with Crippen LogP contribution in [0.5, 0.6) is 0 Å². The van der Waals surface area contributed by atoms with Crippen molar-refractivity contribution in [3.8, 4) is 0 Å². The van der Waals surface area contributed by atoms with Crippen LogP contribution >= 0.6 is 0 Å². The average molecular weight is 208 g/mol. The SMILES string of the molecule is CC1(NCC2CC3CCCCC3N2)CC1. The molecule has 3 rings (SSSR count). The lowest BCUT2D eigenvalue weighted by molar-refractivity contribution is 0.325. The molecular weight excluding hydrogens is 184 g/mol. The molecule has 0 aromatic rings. The summed E-state index contributed by atoms with van der Waals surface area (Å²) in [6.45, 7) is 3.55. The van der Waals surface area contributed by atoms with Crippen molar-refractivity contribution < 1.29 is 0 Å². The van der Waals surface area contributed by atoms with E-state index >= 15 is 0 Å². The summed E-state index contributed by atoms with van der Waals surface area (Å²) in [4.78, 5) is 0. The molecule has 0 aromatic heterocycles. The fourth-order valence-electron chi connectivity index (χ4n) is 3.32. The van der Waals surface area contributed by atoms with Gasteiger partial charge in [0, 0.05) is 24.2 Å². The predicted octanol–water partition coefficient (Wildman–Crippen LogP) is 2.05. The minimum absolute atomic E-state index is 0.509. The van der Waals surface area contributed by atoms with E-state index < -0.39 is 0 Å². The summed E-state index contributed by atoms with van der Waals surface area (Å²) in [6.07, 6.45) is 10.0. The molecule has 0 bridgehead atoms. The second kappa shape index (κ2) is 3.74. The zero-order chi connectivity index (χ0) is 10.3. The lowest BCUT2D eigenvalue weighted by atomic mass is 9.85. The molecule has 2 N–H and O–H groups in total. The van der Waals surface area contributed by atoms with Gasteiger partial charge in [-0.25, -0.2) is 0 Å². The fraction of sp³-hybridized carbons (Fsp3) is 1.00. The summed E-state index contributed by atoms with van der Waals surface area (Å²) in [5, 5.41) is 7.55. The van der Waals surface area contributed by atoms with Crippen LogP contribution in [0.15, 0.2) is 0 Å². The van der Waals surface area contributed by atoms with E-state index in [-0.39, 0.29) is 0 Å². The molecule has 1 aliphatic heterocycles. The normalized spacial score (nSPS) is 42.6. The first-order chi connectivity index (χ1) is 7.25. The first-order valence-corrected chi connectivity index (χ1v) is 6.76. The van der Waals surface area contributed by atoms with Gasteiger partial charge in [0.2, 0.25) is 0 Å². The summed E-state index contributed by atoms with van der Waals surface area (Å²) in [6, 6.07) is 1.62. The van der Waals surface area contributed by atoms with Crippen molar-refractivity contribution >= 4 is 0 Å². The first kappa shape index (κ1) is 10.1. The largest absolute Gasteiger partial charge is 0.310 e. The molecule has 2 saturated carbocycles. The van der Waals surface area contributed by atoms with Crippen LogP contribution in [-0.2, 0) is 0 Å². The van der Waals surface area contributed by atoms with Gasteiger partial charge in [-0.15, -0.1) is 0 Å². The molecule has 0 aromatic carbocycles. The van der Waals surface area contributed by atoms with Crippen LogP contribution in [0.1, 0.15) is 51.9 Å². The van der Waals surface area contributed by atoms with E-state index in [2.05, 4.69) is 17.6 Å². The van der Waals surface area contributed by atoms with Crippen LogP contribution in [0.2, 0.25) is 0 Å². The number of rotatable bonds is 3. The first-order valence-electron chi connectivity index (χ1n) is 6.76. The molecule has 0 spiro atoms. The standard InChI is InChI=1S/C13H24N2/c1-13(6-7-13)14-9-11-8-10-4-2-3-5-12(10)15-11/h10-12,14-15H,2-9H2,1H3. The highest BCUT2D eigenvalue weighted by Gasteiger charge is 2.39. The number of nitrogens with one attached hydrogen (secondary N) is 2. The van der Waals surface area contributed by atoms with Crippen molar-refractivity contribution in [1.29, 1.82) is 0 Å². The Bertz CT molecular complexity index is 221. The van der Waals surface area contributed by atoms with Gasteiger partial charge in [0.25, 0.3) is 0 Å². The van der Waals surface area contributed by atoms with Gasteiger partial charge in [-0.2, -0.15) is 0 Å². The Kier molecular flexibility index (Phi) is 2.52. The molecule has 2 heteroatoms. The average Bonchev–Trinajstić information content (AvgIpc) is 2.83. The third-order valence-corrected chi connectivity index (χ3v) is 4.72. The van der Waals surface area contributed by atoms with E-state index in [1.807, 2.05) is 0 Å². The Morgan fingerprint density at radius 3 is 2.80 bits per heavy atom. The zero-order valence-electron chi connectivity index (χ0n) is 9.89. The van der Waals surface area contributed by atoms with Crippen molar-refractivity contribution in [3.63, 3.8) is 0 Å². The van der Waals surface area contributed by atoms with E-state index in [9.17, 15) is 0 Å². The maximum absolute atomic E-state index is 3.83. The van der Waals surface area contributed by atoms with Crippen LogP contribution in [0.4, 0.5) is 0 Å². The van der Waals surface area contributed by atoms with Crippen molar-refractivity contribution in [2.24, 2.45) is 5.92 Å². The van der Waals surface area contributed by atoms with Gasteiger partial charge in [-0.05, 0) is 44.9 Å². The van der Waals surface area contributed by atoms with Crippen molar-refractivity contribution in [2.75, 3.05) is 6.54 Å². The molecular formula is C13H24N2. The van der Waals surface area contributed by atoms with E-state index in [0.717, 1.165) is 18.0 Å². The molecule has 3 aliphatic rings. The Hall–Kier alpha value is -0.0800. The molecule has 0 radical (unpaired) electrons. The van der Waals surface area contributed by atoms with Gasteiger partial charge in [-0.3, -0.25) is 0 Å². The van der Waals surface area contributed by atoms with Gasteiger partial charge in [0.1, 0.15) is 0 Å². The second-order valence-electron chi connectivity index (χ2n) is 6.19.